The fourth-order valence-corrected chi connectivity index (χ4v) is 5.36. The molecule has 3 aromatic rings. The van der Waals surface area contributed by atoms with Gasteiger partial charge in [0.15, 0.2) is 0 Å². The van der Waals surface area contributed by atoms with E-state index >= 15 is 0 Å². The second-order valence-electron chi connectivity index (χ2n) is 11.1. The number of carbonyl (C=O) groups excluding carboxylic acids is 3. The maximum atomic E-state index is 13.3. The Kier molecular flexibility index (Phi) is 10.9. The molecule has 238 valence electrons. The van der Waals surface area contributed by atoms with Gasteiger partial charge in [-0.05, 0) is 54.3 Å². The largest absolute Gasteiger partial charge is 0.491 e. The summed E-state index contributed by atoms with van der Waals surface area (Å²) in [6, 6.07) is 19.7. The number of nitrogens with zero attached hydrogens (tertiary/aromatic N) is 1. The summed E-state index contributed by atoms with van der Waals surface area (Å²) in [5.74, 6) is 1.15. The molecule has 0 radical (unpaired) electrons. The fraction of sp³-hybridized carbons (Fsp3) is 0.382. The summed E-state index contributed by atoms with van der Waals surface area (Å²) in [6.45, 7) is 4.23. The molecule has 4 amide bonds. The lowest BCUT2D eigenvalue weighted by Crippen LogP contribution is -2.58. The van der Waals surface area contributed by atoms with E-state index in [0.29, 0.717) is 62.0 Å². The van der Waals surface area contributed by atoms with Gasteiger partial charge in [0.1, 0.15) is 23.9 Å². The number of aryl methyl sites for hydroxylation is 1. The van der Waals surface area contributed by atoms with Gasteiger partial charge in [-0.2, -0.15) is 0 Å². The van der Waals surface area contributed by atoms with E-state index in [-0.39, 0.29) is 43.6 Å². The Morgan fingerprint density at radius 1 is 0.978 bits per heavy atom. The van der Waals surface area contributed by atoms with Crippen LogP contribution in [0, 0.1) is 6.92 Å². The summed E-state index contributed by atoms with van der Waals surface area (Å²) in [4.78, 5) is 40.9. The van der Waals surface area contributed by atoms with Crippen LogP contribution in [-0.4, -0.2) is 81.4 Å². The van der Waals surface area contributed by atoms with Gasteiger partial charge >= 0.3 is 6.03 Å². The minimum Gasteiger partial charge on any atom is -0.491 e. The molecule has 0 unspecified atom stereocenters. The Bertz CT molecular complexity index is 1500. The average Bonchev–Trinajstić information content (AvgIpc) is 3.03. The molecule has 1 saturated heterocycles. The Hall–Kier alpha value is -4.61. The number of rotatable bonds is 6. The lowest BCUT2D eigenvalue weighted by atomic mass is 9.99. The normalized spacial score (nSPS) is 19.0. The summed E-state index contributed by atoms with van der Waals surface area (Å²) in [5.41, 5.74) is 3.28. The van der Waals surface area contributed by atoms with E-state index in [1.54, 1.807) is 25.3 Å². The van der Waals surface area contributed by atoms with Crippen LogP contribution in [0.3, 0.4) is 0 Å². The number of hydrogen-bond donors (Lipinski definition) is 3. The van der Waals surface area contributed by atoms with Crippen molar-refractivity contribution < 1.29 is 33.3 Å². The summed E-state index contributed by atoms with van der Waals surface area (Å²) < 4.78 is 23.4. The SMILES string of the molecule is COCCOc1cc2cc(c1)C(=O)NCCNC(=O)N[C@H]1CCN(C(=O)Cc3ccccc3C)C[C@@H]1OCc1cccc(c1)O2. The second kappa shape index (κ2) is 15.4. The molecular weight excluding hydrogens is 576 g/mol. The summed E-state index contributed by atoms with van der Waals surface area (Å²) >= 11 is 0. The van der Waals surface area contributed by atoms with Crippen LogP contribution in [0.25, 0.3) is 0 Å². The molecule has 45 heavy (non-hydrogen) atoms. The highest BCUT2D eigenvalue weighted by Gasteiger charge is 2.33. The molecule has 0 saturated carbocycles. The summed E-state index contributed by atoms with van der Waals surface area (Å²) in [5, 5.41) is 8.65. The van der Waals surface area contributed by atoms with E-state index in [0.717, 1.165) is 16.7 Å². The summed E-state index contributed by atoms with van der Waals surface area (Å²) in [7, 11) is 1.59. The first-order valence-corrected chi connectivity index (χ1v) is 15.2. The molecule has 0 aliphatic carbocycles. The van der Waals surface area contributed by atoms with Gasteiger partial charge in [-0.3, -0.25) is 9.59 Å². The zero-order valence-corrected chi connectivity index (χ0v) is 25.7. The van der Waals surface area contributed by atoms with Crippen LogP contribution in [-0.2, 0) is 27.3 Å². The molecule has 2 heterocycles. The second-order valence-corrected chi connectivity index (χ2v) is 11.1. The lowest BCUT2D eigenvalue weighted by Gasteiger charge is -2.39. The first kappa shape index (κ1) is 31.8. The molecule has 11 heteroatoms. The van der Waals surface area contributed by atoms with Crippen LogP contribution < -0.4 is 25.4 Å². The van der Waals surface area contributed by atoms with Crippen molar-refractivity contribution in [3.8, 4) is 17.2 Å². The number of ether oxygens (including phenoxy) is 4. The number of urea groups is 1. The van der Waals surface area contributed by atoms with Crippen molar-refractivity contribution >= 4 is 17.8 Å². The third-order valence-corrected chi connectivity index (χ3v) is 7.82. The molecule has 2 aliphatic heterocycles. The van der Waals surface area contributed by atoms with Crippen molar-refractivity contribution in [2.75, 3.05) is 46.5 Å². The minimum absolute atomic E-state index is 0.0224. The predicted molar refractivity (Wildman–Crippen MR) is 168 cm³/mol. The number of amides is 4. The number of carbonyl (C=O) groups is 3. The van der Waals surface area contributed by atoms with Crippen molar-refractivity contribution in [3.05, 3.63) is 89.0 Å². The van der Waals surface area contributed by atoms with Gasteiger partial charge in [0, 0.05) is 44.9 Å². The molecular formula is C34H40N4O7. The molecule has 0 aromatic heterocycles. The third kappa shape index (κ3) is 8.96. The van der Waals surface area contributed by atoms with Crippen LogP contribution >= 0.6 is 0 Å². The molecule has 1 fully saturated rings. The van der Waals surface area contributed by atoms with Crippen molar-refractivity contribution in [2.24, 2.45) is 0 Å². The first-order chi connectivity index (χ1) is 21.9. The van der Waals surface area contributed by atoms with Gasteiger partial charge in [-0.15, -0.1) is 0 Å². The molecule has 2 aliphatic rings. The Balaban J connectivity index is 1.34. The monoisotopic (exact) mass is 616 g/mol. The number of methoxy groups -OCH3 is 1. The number of likely N-dealkylation sites (tertiary alicyclic amines) is 1. The maximum Gasteiger partial charge on any atom is 0.315 e. The van der Waals surface area contributed by atoms with Crippen LogP contribution in [0.15, 0.2) is 66.7 Å². The van der Waals surface area contributed by atoms with Crippen molar-refractivity contribution in [1.82, 2.24) is 20.9 Å². The van der Waals surface area contributed by atoms with E-state index < -0.39 is 6.10 Å². The maximum absolute atomic E-state index is 13.3. The van der Waals surface area contributed by atoms with Crippen molar-refractivity contribution in [2.45, 2.75) is 38.5 Å². The Morgan fingerprint density at radius 3 is 2.67 bits per heavy atom. The highest BCUT2D eigenvalue weighted by atomic mass is 16.5. The van der Waals surface area contributed by atoms with Gasteiger partial charge in [-0.25, -0.2) is 4.79 Å². The molecule has 11 nitrogen and oxygen atoms in total. The van der Waals surface area contributed by atoms with Crippen LogP contribution in [0.2, 0.25) is 0 Å². The van der Waals surface area contributed by atoms with Gasteiger partial charge in [0.25, 0.3) is 5.91 Å². The third-order valence-electron chi connectivity index (χ3n) is 7.82. The topological polar surface area (TPSA) is 127 Å². The highest BCUT2D eigenvalue weighted by molar-refractivity contribution is 5.95. The van der Waals surface area contributed by atoms with Gasteiger partial charge in [-0.1, -0.05) is 36.4 Å². The van der Waals surface area contributed by atoms with E-state index in [9.17, 15) is 14.4 Å². The lowest BCUT2D eigenvalue weighted by molar-refractivity contribution is -0.135. The van der Waals surface area contributed by atoms with Crippen molar-refractivity contribution in [1.29, 1.82) is 0 Å². The van der Waals surface area contributed by atoms with E-state index in [4.69, 9.17) is 18.9 Å². The van der Waals surface area contributed by atoms with E-state index in [2.05, 4.69) is 16.0 Å². The number of benzene rings is 3. The van der Waals surface area contributed by atoms with E-state index in [1.807, 2.05) is 60.4 Å². The minimum atomic E-state index is -0.433. The van der Waals surface area contributed by atoms with Crippen molar-refractivity contribution in [3.63, 3.8) is 0 Å². The van der Waals surface area contributed by atoms with Crippen LogP contribution in [0.4, 0.5) is 4.79 Å². The Labute approximate surface area is 263 Å². The fourth-order valence-electron chi connectivity index (χ4n) is 5.36. The van der Waals surface area contributed by atoms with Gasteiger partial charge < -0.3 is 39.8 Å². The smallest absolute Gasteiger partial charge is 0.315 e. The molecule has 2 atom stereocenters. The number of hydrogen-bond acceptors (Lipinski definition) is 7. The first-order valence-electron chi connectivity index (χ1n) is 15.2. The molecule has 3 N–H and O–H groups in total. The average molecular weight is 617 g/mol. The van der Waals surface area contributed by atoms with E-state index in [1.165, 1.54) is 0 Å². The standard InChI is InChI=1S/C34H40N4O7/c1-23-6-3-4-8-25(23)19-32(39)38-13-10-30-31(21-38)44-22-24-7-5-9-27(16-24)45-29-18-26(17-28(20-29)43-15-14-42-2)33(40)35-11-12-36-34(41)37-30/h3-9,16-18,20,30-31H,10-15,19,21-22H2,1-2H3,(H,35,40)(H2,36,37,41)/t30-,31-/m0/s1. The molecule has 5 rings (SSSR count). The zero-order chi connectivity index (χ0) is 31.6. The number of nitrogens with one attached hydrogen (secondary N) is 3. The quantitative estimate of drug-likeness (QED) is 0.362. The molecule has 4 bridgehead atoms. The molecule has 0 spiro atoms. The van der Waals surface area contributed by atoms with Gasteiger partial charge in [0.05, 0.1) is 31.8 Å². The number of fused-ring (bicyclic) bond motifs is 5. The summed E-state index contributed by atoms with van der Waals surface area (Å²) in [6.07, 6.45) is 0.418. The highest BCUT2D eigenvalue weighted by Crippen LogP contribution is 2.29. The zero-order valence-electron chi connectivity index (χ0n) is 25.7. The predicted octanol–water partition coefficient (Wildman–Crippen LogP) is 3.58. The molecule has 3 aromatic carbocycles. The van der Waals surface area contributed by atoms with Crippen LogP contribution in [0.1, 0.15) is 33.5 Å². The number of piperidine rings is 1. The Morgan fingerprint density at radius 2 is 1.82 bits per heavy atom. The van der Waals surface area contributed by atoms with Crippen LogP contribution in [0.5, 0.6) is 17.2 Å². The van der Waals surface area contributed by atoms with Gasteiger partial charge in [0.2, 0.25) is 5.91 Å².